The zero-order valence-corrected chi connectivity index (χ0v) is 43.4. The molecule has 0 radical (unpaired) electrons. The van der Waals surface area contributed by atoms with Crippen LogP contribution in [-0.4, -0.2) is 29.4 Å². The van der Waals surface area contributed by atoms with Crippen molar-refractivity contribution < 1.29 is 117 Å². The molecule has 60 heavy (non-hydrogen) atoms. The van der Waals surface area contributed by atoms with Crippen LogP contribution in [0.1, 0.15) is 165 Å². The fourth-order valence-electron chi connectivity index (χ4n) is 5.78. The third kappa shape index (κ3) is 29.2. The molecular formula is C42H62Na2O12P4. The van der Waals surface area contributed by atoms with Crippen LogP contribution in [0.15, 0.2) is 58.6 Å². The third-order valence-electron chi connectivity index (χ3n) is 8.92. The van der Waals surface area contributed by atoms with E-state index in [1.165, 1.54) is 102 Å². The number of rotatable bonds is 24. The summed E-state index contributed by atoms with van der Waals surface area (Å²) in [6.07, 6.45) is 24.9. The fourth-order valence-corrected chi connectivity index (χ4v) is 9.63. The van der Waals surface area contributed by atoms with E-state index in [4.69, 9.17) is 0 Å². The van der Waals surface area contributed by atoms with E-state index in [9.17, 15) is 57.4 Å². The van der Waals surface area contributed by atoms with Crippen molar-refractivity contribution in [3.63, 3.8) is 0 Å². The van der Waals surface area contributed by atoms with Crippen LogP contribution in [0.5, 0.6) is 0 Å². The van der Waals surface area contributed by atoms with Gasteiger partial charge < -0.3 is 43.7 Å². The Morgan fingerprint density at radius 1 is 0.483 bits per heavy atom. The van der Waals surface area contributed by atoms with Crippen LogP contribution in [0, 0.1) is 23.7 Å². The van der Waals surface area contributed by atoms with Gasteiger partial charge in [0.2, 0.25) is 0 Å². The molecule has 0 saturated heterocycles. The van der Waals surface area contributed by atoms with Gasteiger partial charge in [-0.25, -0.2) is 0 Å². The molecule has 0 atom stereocenters. The van der Waals surface area contributed by atoms with Gasteiger partial charge in [-0.05, 0) is 55.8 Å². The van der Waals surface area contributed by atoms with E-state index < -0.39 is 40.5 Å². The first kappa shape index (κ1) is 61.7. The van der Waals surface area contributed by atoms with Gasteiger partial charge in [-0.1, -0.05) is 177 Å². The molecule has 2 aromatic rings. The smallest absolute Gasteiger partial charge is 0.807 e. The molecule has 0 aromatic heterocycles. The molecule has 0 aliphatic rings. The summed E-state index contributed by atoms with van der Waals surface area (Å²) in [5.41, 5.74) is 1.36. The summed E-state index contributed by atoms with van der Waals surface area (Å²) < 4.78 is 45.5. The van der Waals surface area contributed by atoms with Crippen molar-refractivity contribution in [1.29, 1.82) is 0 Å². The van der Waals surface area contributed by atoms with Crippen molar-refractivity contribution in [2.45, 2.75) is 142 Å². The van der Waals surface area contributed by atoms with Crippen LogP contribution in [0.25, 0.3) is 12.2 Å². The molecule has 0 unspecified atom stereocenters. The summed E-state index contributed by atoms with van der Waals surface area (Å²) in [7, 11) is -21.0. The molecule has 0 amide bonds. The monoisotopic (exact) mass is 928 g/mol. The van der Waals surface area contributed by atoms with Crippen LogP contribution in [0.2, 0.25) is 0 Å². The Kier molecular flexibility index (Phi) is 35.0. The van der Waals surface area contributed by atoms with Crippen molar-refractivity contribution in [3.8, 4) is 23.7 Å². The van der Waals surface area contributed by atoms with Crippen molar-refractivity contribution in [3.05, 3.63) is 80.9 Å². The van der Waals surface area contributed by atoms with E-state index in [1.807, 2.05) is 0 Å². The van der Waals surface area contributed by atoms with Gasteiger partial charge in [0.25, 0.3) is 0 Å². The second-order valence-electron chi connectivity index (χ2n) is 14.1. The molecule has 0 heterocycles. The Morgan fingerprint density at radius 2 is 0.767 bits per heavy atom. The van der Waals surface area contributed by atoms with Crippen molar-refractivity contribution in [2.24, 2.45) is 0 Å². The summed E-state index contributed by atoms with van der Waals surface area (Å²) in [6, 6.07) is 12.9. The summed E-state index contributed by atoms with van der Waals surface area (Å²) in [5.74, 6) is 11.9. The van der Waals surface area contributed by atoms with E-state index in [0.29, 0.717) is 24.0 Å². The van der Waals surface area contributed by atoms with E-state index in [1.54, 1.807) is 36.4 Å². The van der Waals surface area contributed by atoms with Gasteiger partial charge in [0.15, 0.2) is 5.06 Å². The van der Waals surface area contributed by atoms with Crippen LogP contribution >= 0.6 is 30.4 Å². The molecular weight excluding hydrogens is 866 g/mol. The molecule has 0 aliphatic heterocycles. The molecule has 0 bridgehead atoms. The van der Waals surface area contributed by atoms with Crippen LogP contribution in [0.3, 0.4) is 0 Å². The maximum absolute atomic E-state index is 11.5. The molecule has 2 aromatic carbocycles. The normalized spacial score (nSPS) is 11.7. The number of hydrogen-bond donors (Lipinski definition) is 6. The fraction of sp³-hybridized carbons (Fsp3) is 0.524. The SMILES string of the molecule is CCCCCCCCCCCC#Cc1ccccc1C=C(P(=O)(O)O)P(=O)(O)O.CCCCCCCCCCCC#Cc1ccccc1C=C(P(=O)([O-])[O-])P(=O)(O)O.[Na+].[Na+]. The van der Waals surface area contributed by atoms with Crippen LogP contribution in [-0.2, 0) is 18.3 Å². The molecule has 0 spiro atoms. The predicted octanol–water partition coefficient (Wildman–Crippen LogP) is 3.97. The van der Waals surface area contributed by atoms with Gasteiger partial charge in [0.05, 0.1) is 5.06 Å². The molecule has 0 saturated carbocycles. The predicted molar refractivity (Wildman–Crippen MR) is 230 cm³/mol. The average molecular weight is 929 g/mol. The first-order chi connectivity index (χ1) is 27.3. The Balaban J connectivity index is 0. The Bertz CT molecular complexity index is 1720. The largest absolute Gasteiger partial charge is 1.00 e. The average Bonchev–Trinajstić information content (AvgIpc) is 3.13. The maximum atomic E-state index is 11.5. The minimum Gasteiger partial charge on any atom is -0.807 e. The summed E-state index contributed by atoms with van der Waals surface area (Å²) in [6.45, 7) is 4.42. The van der Waals surface area contributed by atoms with Crippen molar-refractivity contribution >= 4 is 42.5 Å². The van der Waals surface area contributed by atoms with E-state index in [-0.39, 0.29) is 70.2 Å². The standard InChI is InChI=1S/2C21H32O6P2.2Na/c2*1-2-3-4-5-6-7-8-9-10-11-12-15-19-16-13-14-17-20(19)18-21(28(22,23)24)29(25,26)27;;/h2*13-14,16-18H,2-11H2,1H3,(H2,22,23,24)(H2,25,26,27);;/q;;2*+1/p-2. The summed E-state index contributed by atoms with van der Waals surface area (Å²) in [4.78, 5) is 77.8. The van der Waals surface area contributed by atoms with Gasteiger partial charge in [-0.2, -0.15) is 0 Å². The zero-order valence-electron chi connectivity index (χ0n) is 35.8. The molecule has 6 N–H and O–H groups in total. The van der Waals surface area contributed by atoms with E-state index >= 15 is 0 Å². The Labute approximate surface area is 402 Å². The molecule has 324 valence electrons. The van der Waals surface area contributed by atoms with Crippen molar-refractivity contribution in [2.75, 3.05) is 0 Å². The Hall–Kier alpha value is -0.360. The van der Waals surface area contributed by atoms with E-state index in [2.05, 4.69) is 37.5 Å². The number of hydrogen-bond acceptors (Lipinski definition) is 6. The third-order valence-corrected chi connectivity index (χ3v) is 14.9. The van der Waals surface area contributed by atoms with Gasteiger partial charge in [0, 0.05) is 24.0 Å². The van der Waals surface area contributed by atoms with E-state index in [0.717, 1.165) is 37.8 Å². The second kappa shape index (κ2) is 34.1. The summed E-state index contributed by atoms with van der Waals surface area (Å²) in [5, 5.41) is -2.61. The first-order valence-electron chi connectivity index (χ1n) is 20.1. The molecule has 12 nitrogen and oxygen atoms in total. The quantitative estimate of drug-likeness (QED) is 0.0380. The van der Waals surface area contributed by atoms with Gasteiger partial charge in [0.1, 0.15) is 0 Å². The number of benzene rings is 2. The summed E-state index contributed by atoms with van der Waals surface area (Å²) >= 11 is 0. The maximum Gasteiger partial charge on any atom is 1.00 e. The topological polar surface area (TPSA) is 236 Å². The van der Waals surface area contributed by atoms with Gasteiger partial charge >= 0.3 is 81.9 Å². The minimum absolute atomic E-state index is 0. The molecule has 2 rings (SSSR count). The van der Waals surface area contributed by atoms with Crippen LogP contribution < -0.4 is 68.9 Å². The zero-order chi connectivity index (χ0) is 43.5. The Morgan fingerprint density at radius 3 is 1.07 bits per heavy atom. The first-order valence-corrected chi connectivity index (χ1v) is 26.5. The minimum atomic E-state index is -5.59. The molecule has 0 aliphatic carbocycles. The van der Waals surface area contributed by atoms with Crippen molar-refractivity contribution in [1.82, 2.24) is 0 Å². The second-order valence-corrected chi connectivity index (χ2v) is 21.0. The van der Waals surface area contributed by atoms with Gasteiger partial charge in [-0.3, -0.25) is 13.7 Å². The molecule has 18 heteroatoms. The van der Waals surface area contributed by atoms with Gasteiger partial charge in [-0.15, -0.1) is 0 Å². The van der Waals surface area contributed by atoms with Crippen LogP contribution in [0.4, 0.5) is 0 Å². The molecule has 0 fully saturated rings. The number of unbranched alkanes of at least 4 members (excludes halogenated alkanes) is 18.